The Bertz CT molecular complexity index is 980. The van der Waals surface area contributed by atoms with E-state index >= 15 is 0 Å². The van der Waals surface area contributed by atoms with E-state index in [2.05, 4.69) is 4.72 Å². The molecule has 0 aromatic heterocycles. The van der Waals surface area contributed by atoms with Gasteiger partial charge in [0.05, 0.1) is 10.5 Å². The van der Waals surface area contributed by atoms with Crippen molar-refractivity contribution in [3.05, 3.63) is 65.7 Å². The van der Waals surface area contributed by atoms with E-state index in [-0.39, 0.29) is 16.4 Å². The lowest BCUT2D eigenvalue weighted by molar-refractivity contribution is -0.139. The molecule has 0 saturated heterocycles. The van der Waals surface area contributed by atoms with E-state index in [0.717, 1.165) is 5.56 Å². The molecule has 7 nitrogen and oxygen atoms in total. The minimum Gasteiger partial charge on any atom is -0.449 e. The van der Waals surface area contributed by atoms with Crippen LogP contribution in [0.15, 0.2) is 59.5 Å². The molecule has 0 radical (unpaired) electrons. The standard InChI is InChI=1S/C22H28N2O5S/c1-16(20(25)24(5)15-17-9-7-6-8-10-17)29-21(26)18-11-13-19(14-12-18)30(27,28)23-22(2,3)4/h6-14,16,23H,15H2,1-5H3. The van der Waals surface area contributed by atoms with Crippen molar-refractivity contribution in [3.63, 3.8) is 0 Å². The molecule has 0 aliphatic carbocycles. The Hall–Kier alpha value is -2.71. The predicted octanol–water partition coefficient (Wildman–Crippen LogP) is 2.97. The first kappa shape index (κ1) is 23.6. The zero-order chi connectivity index (χ0) is 22.5. The van der Waals surface area contributed by atoms with Crippen LogP contribution in [0.3, 0.4) is 0 Å². The van der Waals surface area contributed by atoms with E-state index in [4.69, 9.17) is 4.74 Å². The highest BCUT2D eigenvalue weighted by molar-refractivity contribution is 7.89. The van der Waals surface area contributed by atoms with Gasteiger partial charge in [0, 0.05) is 19.1 Å². The van der Waals surface area contributed by atoms with Crippen LogP contribution in [-0.2, 0) is 26.1 Å². The van der Waals surface area contributed by atoms with Gasteiger partial charge in [-0.15, -0.1) is 0 Å². The maximum atomic E-state index is 12.5. The molecule has 30 heavy (non-hydrogen) atoms. The first-order valence-electron chi connectivity index (χ1n) is 9.53. The number of nitrogens with zero attached hydrogens (tertiary/aromatic N) is 1. The summed E-state index contributed by atoms with van der Waals surface area (Å²) in [6.07, 6.45) is -0.975. The third kappa shape index (κ3) is 6.67. The van der Waals surface area contributed by atoms with Gasteiger partial charge in [-0.3, -0.25) is 4.79 Å². The molecule has 1 atom stereocenters. The summed E-state index contributed by atoms with van der Waals surface area (Å²) in [7, 11) is -2.06. The lowest BCUT2D eigenvalue weighted by Gasteiger charge is -2.22. The van der Waals surface area contributed by atoms with E-state index < -0.39 is 27.6 Å². The highest BCUT2D eigenvalue weighted by Gasteiger charge is 2.24. The normalized spacial score (nSPS) is 12.8. The largest absolute Gasteiger partial charge is 0.449 e. The molecule has 1 amide bonds. The molecule has 0 fully saturated rings. The zero-order valence-corrected chi connectivity index (χ0v) is 18.7. The highest BCUT2D eigenvalue weighted by Crippen LogP contribution is 2.15. The molecular weight excluding hydrogens is 404 g/mol. The summed E-state index contributed by atoms with van der Waals surface area (Å²) in [6.45, 7) is 7.12. The summed E-state index contributed by atoms with van der Waals surface area (Å²) in [5, 5.41) is 0. The van der Waals surface area contributed by atoms with Crippen LogP contribution in [0.1, 0.15) is 43.6 Å². The Kier molecular flexibility index (Phi) is 7.39. The fourth-order valence-electron chi connectivity index (χ4n) is 2.76. The number of sulfonamides is 1. The van der Waals surface area contributed by atoms with Gasteiger partial charge >= 0.3 is 5.97 Å². The Labute approximate surface area is 178 Å². The van der Waals surface area contributed by atoms with Gasteiger partial charge in [-0.1, -0.05) is 30.3 Å². The van der Waals surface area contributed by atoms with Crippen molar-refractivity contribution in [3.8, 4) is 0 Å². The second kappa shape index (κ2) is 9.40. The number of amides is 1. The Balaban J connectivity index is 2.00. The number of rotatable bonds is 7. The molecular formula is C22H28N2O5S. The summed E-state index contributed by atoms with van der Waals surface area (Å²) in [5.41, 5.74) is 0.500. The molecule has 0 heterocycles. The molecule has 2 aromatic carbocycles. The van der Waals surface area contributed by atoms with E-state index in [9.17, 15) is 18.0 Å². The maximum Gasteiger partial charge on any atom is 0.338 e. The smallest absolute Gasteiger partial charge is 0.338 e. The number of esters is 1. The fourth-order valence-corrected chi connectivity index (χ4v) is 4.18. The highest BCUT2D eigenvalue weighted by atomic mass is 32.2. The monoisotopic (exact) mass is 432 g/mol. The van der Waals surface area contributed by atoms with E-state index in [0.29, 0.717) is 6.54 Å². The van der Waals surface area contributed by atoms with Gasteiger partial charge < -0.3 is 9.64 Å². The van der Waals surface area contributed by atoms with Gasteiger partial charge in [0.25, 0.3) is 5.91 Å². The maximum absolute atomic E-state index is 12.5. The topological polar surface area (TPSA) is 92.8 Å². The SMILES string of the molecule is CC(OC(=O)c1ccc(S(=O)(=O)NC(C)(C)C)cc1)C(=O)N(C)Cc1ccccc1. The number of ether oxygens (including phenoxy) is 1. The second-order valence-electron chi connectivity index (χ2n) is 8.11. The number of likely N-dealkylation sites (N-methyl/N-ethyl adjacent to an activating group) is 1. The number of carbonyl (C=O) groups is 2. The van der Waals surface area contributed by atoms with E-state index in [1.807, 2.05) is 30.3 Å². The number of nitrogens with one attached hydrogen (secondary N) is 1. The van der Waals surface area contributed by atoms with Crippen molar-refractivity contribution in [2.75, 3.05) is 7.05 Å². The Morgan fingerprint density at radius 3 is 2.13 bits per heavy atom. The number of hydrogen-bond donors (Lipinski definition) is 1. The first-order valence-corrected chi connectivity index (χ1v) is 11.0. The molecule has 1 N–H and O–H groups in total. The van der Waals surface area contributed by atoms with Crippen LogP contribution in [0, 0.1) is 0 Å². The Morgan fingerprint density at radius 2 is 1.60 bits per heavy atom. The molecule has 1 unspecified atom stereocenters. The zero-order valence-electron chi connectivity index (χ0n) is 17.9. The van der Waals surface area contributed by atoms with Crippen LogP contribution in [0.2, 0.25) is 0 Å². The van der Waals surface area contributed by atoms with Crippen LogP contribution < -0.4 is 4.72 Å². The molecule has 2 aromatic rings. The molecule has 0 spiro atoms. The van der Waals surface area contributed by atoms with Crippen molar-refractivity contribution in [2.24, 2.45) is 0 Å². The quantitative estimate of drug-likeness (QED) is 0.679. The fraction of sp³-hybridized carbons (Fsp3) is 0.364. The molecule has 162 valence electrons. The van der Waals surface area contributed by atoms with Crippen LogP contribution in [-0.4, -0.2) is 43.9 Å². The van der Waals surface area contributed by atoms with Gasteiger partial charge in [0.2, 0.25) is 10.0 Å². The van der Waals surface area contributed by atoms with Gasteiger partial charge in [0.1, 0.15) is 0 Å². The third-order valence-electron chi connectivity index (χ3n) is 4.11. The van der Waals surface area contributed by atoms with E-state index in [1.54, 1.807) is 27.8 Å². The van der Waals surface area contributed by atoms with Crippen LogP contribution in [0.5, 0.6) is 0 Å². The lowest BCUT2D eigenvalue weighted by atomic mass is 10.1. The minimum atomic E-state index is -3.70. The van der Waals surface area contributed by atoms with Gasteiger partial charge in [-0.2, -0.15) is 0 Å². The van der Waals surface area contributed by atoms with Crippen LogP contribution in [0.25, 0.3) is 0 Å². The van der Waals surface area contributed by atoms with Crippen LogP contribution >= 0.6 is 0 Å². The Morgan fingerprint density at radius 1 is 1.03 bits per heavy atom. The number of carbonyl (C=O) groups excluding carboxylic acids is 2. The average molecular weight is 433 g/mol. The molecule has 0 bridgehead atoms. The molecule has 0 saturated carbocycles. The van der Waals surface area contributed by atoms with Crippen molar-refractivity contribution in [2.45, 2.75) is 50.8 Å². The van der Waals surface area contributed by atoms with Crippen molar-refractivity contribution in [1.29, 1.82) is 0 Å². The van der Waals surface area contributed by atoms with Crippen LogP contribution in [0.4, 0.5) is 0 Å². The molecule has 0 aliphatic heterocycles. The van der Waals surface area contributed by atoms with Gasteiger partial charge in [-0.25, -0.2) is 17.9 Å². The molecule has 0 aliphatic rings. The summed E-state index contributed by atoms with van der Waals surface area (Å²) < 4.78 is 32.5. The summed E-state index contributed by atoms with van der Waals surface area (Å²) in [6, 6.07) is 14.9. The second-order valence-corrected chi connectivity index (χ2v) is 9.79. The summed E-state index contributed by atoms with van der Waals surface area (Å²) in [5.74, 6) is -1.03. The van der Waals surface area contributed by atoms with Gasteiger partial charge in [-0.05, 0) is 57.5 Å². The average Bonchev–Trinajstić information content (AvgIpc) is 2.66. The summed E-state index contributed by atoms with van der Waals surface area (Å²) >= 11 is 0. The third-order valence-corrected chi connectivity index (χ3v) is 5.89. The minimum absolute atomic E-state index is 0.0423. The summed E-state index contributed by atoms with van der Waals surface area (Å²) in [4.78, 5) is 26.4. The van der Waals surface area contributed by atoms with Crippen molar-refractivity contribution < 1.29 is 22.7 Å². The van der Waals surface area contributed by atoms with Crippen molar-refractivity contribution >= 4 is 21.9 Å². The number of hydrogen-bond acceptors (Lipinski definition) is 5. The van der Waals surface area contributed by atoms with Crippen molar-refractivity contribution in [1.82, 2.24) is 9.62 Å². The first-order chi connectivity index (χ1) is 13.9. The van der Waals surface area contributed by atoms with E-state index in [1.165, 1.54) is 36.1 Å². The lowest BCUT2D eigenvalue weighted by Crippen LogP contribution is -2.40. The predicted molar refractivity (Wildman–Crippen MR) is 114 cm³/mol. The van der Waals surface area contributed by atoms with Gasteiger partial charge in [0.15, 0.2) is 6.10 Å². The molecule has 2 rings (SSSR count). The molecule has 8 heteroatoms. The number of benzene rings is 2.